The van der Waals surface area contributed by atoms with Crippen molar-refractivity contribution < 1.29 is 17.2 Å². The zero-order chi connectivity index (χ0) is 17.1. The molecule has 0 bridgehead atoms. The predicted octanol–water partition coefficient (Wildman–Crippen LogP) is 4.41. The normalized spacial score (nSPS) is 12.0. The molecule has 0 atom stereocenters. The quantitative estimate of drug-likeness (QED) is 0.834. The van der Waals surface area contributed by atoms with Crippen molar-refractivity contribution in [3.05, 3.63) is 60.2 Å². The minimum absolute atomic E-state index is 0. The van der Waals surface area contributed by atoms with Gasteiger partial charge in [-0.25, -0.2) is 13.1 Å². The van der Waals surface area contributed by atoms with Crippen molar-refractivity contribution in [1.29, 1.82) is 0 Å². The van der Waals surface area contributed by atoms with Crippen molar-refractivity contribution in [2.75, 3.05) is 6.54 Å². The van der Waals surface area contributed by atoms with Gasteiger partial charge in [-0.3, -0.25) is 0 Å². The Bertz CT molecular complexity index is 742. The van der Waals surface area contributed by atoms with E-state index in [2.05, 4.69) is 0 Å². The van der Waals surface area contributed by atoms with Crippen LogP contribution in [0.15, 0.2) is 54.6 Å². The molecule has 2 aromatic rings. The highest BCUT2D eigenvalue weighted by Gasteiger charge is 2.33. The molecule has 0 spiro atoms. The topological polar surface area (TPSA) is 46.2 Å². The summed E-state index contributed by atoms with van der Waals surface area (Å²) in [6, 6.07) is 15.3. The second-order valence-corrected chi connectivity index (χ2v) is 7.88. The zero-order valence-corrected chi connectivity index (χ0v) is 13.8. The van der Waals surface area contributed by atoms with E-state index in [-0.39, 0.29) is 13.0 Å². The molecule has 2 rings (SSSR count). The zero-order valence-electron chi connectivity index (χ0n) is 13.0. The highest BCUT2D eigenvalue weighted by Crippen LogP contribution is 2.29. The number of alkyl halides is 2. The first kappa shape index (κ1) is 20.3. The Morgan fingerprint density at radius 1 is 0.958 bits per heavy atom. The van der Waals surface area contributed by atoms with Gasteiger partial charge in [0.05, 0.1) is 11.8 Å². The molecule has 132 valence electrons. The third-order valence-electron chi connectivity index (χ3n) is 3.53. The molecule has 6 heteroatoms. The van der Waals surface area contributed by atoms with Gasteiger partial charge in [0, 0.05) is 5.56 Å². The summed E-state index contributed by atoms with van der Waals surface area (Å²) in [7, 11) is -3.72. The number of hydrogen-bond acceptors (Lipinski definition) is 2. The number of rotatable bonds is 6. The van der Waals surface area contributed by atoms with Gasteiger partial charge in [0.1, 0.15) is 0 Å². The van der Waals surface area contributed by atoms with E-state index in [4.69, 9.17) is 0 Å². The van der Waals surface area contributed by atoms with Crippen molar-refractivity contribution in [3.8, 4) is 11.1 Å². The van der Waals surface area contributed by atoms with Gasteiger partial charge in [-0.2, -0.15) is 8.78 Å². The summed E-state index contributed by atoms with van der Waals surface area (Å²) in [4.78, 5) is 0. The fourth-order valence-electron chi connectivity index (χ4n) is 2.00. The Labute approximate surface area is 142 Å². The van der Waals surface area contributed by atoms with E-state index in [1.165, 1.54) is 26.0 Å². The molecule has 0 aliphatic carbocycles. The molecule has 0 aliphatic rings. The maximum absolute atomic E-state index is 14.2. The molecule has 0 saturated carbocycles. The average Bonchev–Trinajstić information content (AvgIpc) is 2.54. The van der Waals surface area contributed by atoms with Crippen molar-refractivity contribution in [1.82, 2.24) is 4.72 Å². The van der Waals surface area contributed by atoms with Crippen LogP contribution in [0.1, 0.15) is 26.8 Å². The van der Waals surface area contributed by atoms with Gasteiger partial charge in [-0.1, -0.05) is 62.0 Å². The first-order valence-corrected chi connectivity index (χ1v) is 8.79. The summed E-state index contributed by atoms with van der Waals surface area (Å²) in [5.41, 5.74) is 1.54. The molecule has 3 nitrogen and oxygen atoms in total. The molecular weight excluding hydrogens is 332 g/mol. The van der Waals surface area contributed by atoms with Crippen LogP contribution < -0.4 is 4.72 Å². The van der Waals surface area contributed by atoms with Crippen LogP contribution in [0.5, 0.6) is 0 Å². The second-order valence-electron chi connectivity index (χ2n) is 5.56. The number of hydrogen-bond donors (Lipinski definition) is 1. The van der Waals surface area contributed by atoms with Crippen molar-refractivity contribution in [2.24, 2.45) is 0 Å². The van der Waals surface area contributed by atoms with Crippen LogP contribution >= 0.6 is 0 Å². The minimum atomic E-state index is -3.72. The molecule has 0 unspecified atom stereocenters. The lowest BCUT2D eigenvalue weighted by molar-refractivity contribution is 0.00207. The number of sulfonamides is 1. The molecule has 0 radical (unpaired) electrons. The average molecular weight is 355 g/mol. The van der Waals surface area contributed by atoms with Crippen LogP contribution in [0.3, 0.4) is 0 Å². The van der Waals surface area contributed by atoms with Crippen LogP contribution in [0.2, 0.25) is 0 Å². The van der Waals surface area contributed by atoms with Crippen LogP contribution in [0, 0.1) is 0 Å². The van der Waals surface area contributed by atoms with E-state index in [1.807, 2.05) is 35.1 Å². The van der Waals surface area contributed by atoms with E-state index in [1.54, 1.807) is 12.1 Å². The lowest BCUT2D eigenvalue weighted by Crippen LogP contribution is -2.38. The Balaban J connectivity index is 0.00000288. The maximum atomic E-state index is 14.2. The van der Waals surface area contributed by atoms with Crippen LogP contribution in [0.4, 0.5) is 8.78 Å². The van der Waals surface area contributed by atoms with E-state index in [0.29, 0.717) is 0 Å². The van der Waals surface area contributed by atoms with E-state index in [0.717, 1.165) is 11.1 Å². The summed E-state index contributed by atoms with van der Waals surface area (Å²) < 4.78 is 53.5. The molecule has 1 N–H and O–H groups in total. The van der Waals surface area contributed by atoms with E-state index in [9.17, 15) is 17.2 Å². The first-order chi connectivity index (χ1) is 10.7. The molecule has 0 aromatic heterocycles. The lowest BCUT2D eigenvalue weighted by Gasteiger charge is -2.19. The van der Waals surface area contributed by atoms with Gasteiger partial charge in [0.15, 0.2) is 0 Å². The fraction of sp³-hybridized carbons (Fsp3) is 0.333. The lowest BCUT2D eigenvalue weighted by atomic mass is 10.0. The molecule has 2 aromatic carbocycles. The predicted molar refractivity (Wildman–Crippen MR) is 94.6 cm³/mol. The molecule has 0 fully saturated rings. The largest absolute Gasteiger partial charge is 0.286 e. The first-order valence-electron chi connectivity index (χ1n) is 7.24. The molecular formula is C18H23F2NO2S. The maximum Gasteiger partial charge on any atom is 0.286 e. The van der Waals surface area contributed by atoms with Crippen LogP contribution in [-0.4, -0.2) is 20.2 Å². The van der Waals surface area contributed by atoms with Crippen LogP contribution in [-0.2, 0) is 15.9 Å². The number of nitrogens with one attached hydrogen (secondary N) is 1. The van der Waals surface area contributed by atoms with E-state index < -0.39 is 27.7 Å². The number of benzene rings is 2. The second kappa shape index (κ2) is 7.85. The van der Waals surface area contributed by atoms with Gasteiger partial charge >= 0.3 is 0 Å². The van der Waals surface area contributed by atoms with Crippen molar-refractivity contribution >= 4 is 10.0 Å². The summed E-state index contributed by atoms with van der Waals surface area (Å²) in [5.74, 6) is -3.27. The van der Waals surface area contributed by atoms with Crippen molar-refractivity contribution in [3.63, 3.8) is 0 Å². The standard InChI is InChI=1S/C17H19F2NO2S.CH4/c1-13(2)23(21,22)20-12-17(18,19)16-10-8-15(9-11-16)14-6-4-3-5-7-14;/h3-11,13,20H,12H2,1-2H3;1H4. The highest BCUT2D eigenvalue weighted by molar-refractivity contribution is 7.90. The summed E-state index contributed by atoms with van der Waals surface area (Å²) in [5, 5.41) is -0.751. The van der Waals surface area contributed by atoms with Crippen LogP contribution in [0.25, 0.3) is 11.1 Å². The fourth-order valence-corrected chi connectivity index (χ4v) is 2.71. The molecule has 0 saturated heterocycles. The summed E-state index contributed by atoms with van der Waals surface area (Å²) >= 11 is 0. The monoisotopic (exact) mass is 355 g/mol. The van der Waals surface area contributed by atoms with Gasteiger partial charge in [-0.05, 0) is 25.0 Å². The molecule has 0 aliphatic heterocycles. The molecule has 24 heavy (non-hydrogen) atoms. The molecule has 0 amide bonds. The van der Waals surface area contributed by atoms with E-state index >= 15 is 0 Å². The van der Waals surface area contributed by atoms with Gasteiger partial charge < -0.3 is 0 Å². The third-order valence-corrected chi connectivity index (χ3v) is 5.32. The van der Waals surface area contributed by atoms with Gasteiger partial charge in [-0.15, -0.1) is 0 Å². The smallest absolute Gasteiger partial charge is 0.212 e. The third kappa shape index (κ3) is 4.85. The highest BCUT2D eigenvalue weighted by atomic mass is 32.2. The number of halogens is 2. The van der Waals surface area contributed by atoms with Gasteiger partial charge in [0.2, 0.25) is 10.0 Å². The van der Waals surface area contributed by atoms with Gasteiger partial charge in [0.25, 0.3) is 5.92 Å². The Hall–Kier alpha value is -1.79. The Morgan fingerprint density at radius 2 is 1.46 bits per heavy atom. The van der Waals surface area contributed by atoms with Crippen molar-refractivity contribution in [2.45, 2.75) is 32.4 Å². The summed E-state index contributed by atoms with van der Waals surface area (Å²) in [6.07, 6.45) is 0. The SMILES string of the molecule is C.CC(C)S(=O)(=O)NCC(F)(F)c1ccc(-c2ccccc2)cc1. The minimum Gasteiger partial charge on any atom is -0.212 e. The summed E-state index contributed by atoms with van der Waals surface area (Å²) in [6.45, 7) is 1.93. The Kier molecular flexibility index (Phi) is 6.63. The Morgan fingerprint density at radius 3 is 1.96 bits per heavy atom. The molecule has 0 heterocycles.